The molecule has 16 heavy (non-hydrogen) atoms. The van der Waals surface area contributed by atoms with Crippen molar-refractivity contribution in [2.24, 2.45) is 0 Å². The lowest BCUT2D eigenvalue weighted by molar-refractivity contribution is 0.402. The molecule has 1 unspecified atom stereocenters. The Morgan fingerprint density at radius 3 is 2.94 bits per heavy atom. The minimum atomic E-state index is 0.677. The van der Waals surface area contributed by atoms with Crippen LogP contribution in [-0.4, -0.2) is 21.1 Å². The summed E-state index contributed by atoms with van der Waals surface area (Å²) in [6, 6.07) is 0.677. The highest BCUT2D eigenvalue weighted by atomic mass is 32.2. The first kappa shape index (κ1) is 10.7. The van der Waals surface area contributed by atoms with E-state index in [9.17, 15) is 0 Å². The smallest absolute Gasteiger partial charge is 0.112 e. The van der Waals surface area contributed by atoms with Crippen LogP contribution in [-0.2, 0) is 6.42 Å². The SMILES string of the molecule is CC1CCCc2cnc(C3CCSCC3)n21. The minimum Gasteiger partial charge on any atom is -0.329 e. The summed E-state index contributed by atoms with van der Waals surface area (Å²) < 4.78 is 2.55. The molecular weight excluding hydrogens is 216 g/mol. The second-order valence-electron chi connectivity index (χ2n) is 5.11. The van der Waals surface area contributed by atoms with Gasteiger partial charge in [-0.25, -0.2) is 4.98 Å². The van der Waals surface area contributed by atoms with Crippen LogP contribution >= 0.6 is 11.8 Å². The third kappa shape index (κ3) is 1.79. The summed E-state index contributed by atoms with van der Waals surface area (Å²) in [6.45, 7) is 2.35. The molecule has 1 aromatic heterocycles. The summed E-state index contributed by atoms with van der Waals surface area (Å²) in [7, 11) is 0. The molecule has 0 saturated carbocycles. The molecular formula is C13H20N2S. The molecule has 0 amide bonds. The Kier molecular flexibility index (Phi) is 2.97. The Morgan fingerprint density at radius 2 is 2.12 bits per heavy atom. The Bertz CT molecular complexity index is 366. The Balaban J connectivity index is 1.91. The minimum absolute atomic E-state index is 0.677. The molecule has 0 aliphatic carbocycles. The van der Waals surface area contributed by atoms with Crippen LogP contribution in [0.25, 0.3) is 0 Å². The van der Waals surface area contributed by atoms with E-state index in [2.05, 4.69) is 29.4 Å². The quantitative estimate of drug-likeness (QED) is 0.744. The van der Waals surface area contributed by atoms with Crippen LogP contribution in [0.5, 0.6) is 0 Å². The number of aromatic nitrogens is 2. The molecule has 1 saturated heterocycles. The molecule has 3 heteroatoms. The Morgan fingerprint density at radius 1 is 1.31 bits per heavy atom. The summed E-state index contributed by atoms with van der Waals surface area (Å²) in [4.78, 5) is 4.73. The second kappa shape index (κ2) is 4.44. The molecule has 88 valence electrons. The largest absolute Gasteiger partial charge is 0.329 e. The molecule has 0 aromatic carbocycles. The molecule has 2 nitrogen and oxygen atoms in total. The summed E-state index contributed by atoms with van der Waals surface area (Å²) in [6.07, 6.45) is 8.69. The van der Waals surface area contributed by atoms with E-state index < -0.39 is 0 Å². The van der Waals surface area contributed by atoms with Crippen LogP contribution in [0.2, 0.25) is 0 Å². The fourth-order valence-corrected chi connectivity index (χ4v) is 4.18. The van der Waals surface area contributed by atoms with Gasteiger partial charge in [0.1, 0.15) is 5.82 Å². The molecule has 1 fully saturated rings. The first-order valence-electron chi connectivity index (χ1n) is 6.50. The predicted octanol–water partition coefficient (Wildman–Crippen LogP) is 3.39. The van der Waals surface area contributed by atoms with E-state index in [4.69, 9.17) is 4.98 Å². The molecule has 0 N–H and O–H groups in total. The van der Waals surface area contributed by atoms with Gasteiger partial charge in [-0.3, -0.25) is 0 Å². The molecule has 0 radical (unpaired) electrons. The molecule has 1 atom stereocenters. The monoisotopic (exact) mass is 236 g/mol. The van der Waals surface area contributed by atoms with E-state index in [1.807, 2.05) is 0 Å². The summed E-state index contributed by atoms with van der Waals surface area (Å²) in [5.41, 5.74) is 1.48. The highest BCUT2D eigenvalue weighted by Crippen LogP contribution is 2.35. The van der Waals surface area contributed by atoms with Gasteiger partial charge < -0.3 is 4.57 Å². The molecule has 2 aliphatic rings. The number of fused-ring (bicyclic) bond motifs is 1. The zero-order valence-corrected chi connectivity index (χ0v) is 10.8. The van der Waals surface area contributed by atoms with E-state index >= 15 is 0 Å². The van der Waals surface area contributed by atoms with E-state index in [1.165, 1.54) is 55.1 Å². The van der Waals surface area contributed by atoms with Gasteiger partial charge in [-0.2, -0.15) is 11.8 Å². The van der Waals surface area contributed by atoms with Gasteiger partial charge in [-0.1, -0.05) is 0 Å². The average Bonchev–Trinajstić information content (AvgIpc) is 2.75. The number of aryl methyl sites for hydroxylation is 1. The lowest BCUT2D eigenvalue weighted by Gasteiger charge is -2.28. The second-order valence-corrected chi connectivity index (χ2v) is 6.33. The number of nitrogens with zero attached hydrogens (tertiary/aromatic N) is 2. The van der Waals surface area contributed by atoms with Crippen molar-refractivity contribution in [3.8, 4) is 0 Å². The molecule has 1 aromatic rings. The predicted molar refractivity (Wildman–Crippen MR) is 69.2 cm³/mol. The van der Waals surface area contributed by atoms with Crippen LogP contribution in [0.1, 0.15) is 56.1 Å². The lowest BCUT2D eigenvalue weighted by atomic mass is 9.99. The standard InChI is InChI=1S/C13H20N2S/c1-10-3-2-4-12-9-14-13(15(10)12)11-5-7-16-8-6-11/h9-11H,2-8H2,1H3. The molecule has 0 spiro atoms. The molecule has 3 heterocycles. The number of thioether (sulfide) groups is 1. The molecule has 3 rings (SSSR count). The van der Waals surface area contributed by atoms with Gasteiger partial charge >= 0.3 is 0 Å². The van der Waals surface area contributed by atoms with Crippen LogP contribution in [0, 0.1) is 0 Å². The van der Waals surface area contributed by atoms with E-state index in [1.54, 1.807) is 0 Å². The van der Waals surface area contributed by atoms with E-state index in [0.29, 0.717) is 6.04 Å². The van der Waals surface area contributed by atoms with Crippen molar-refractivity contribution in [3.63, 3.8) is 0 Å². The third-order valence-corrected chi connectivity index (χ3v) is 5.03. The van der Waals surface area contributed by atoms with E-state index in [0.717, 1.165) is 5.92 Å². The third-order valence-electron chi connectivity index (χ3n) is 3.98. The first-order valence-corrected chi connectivity index (χ1v) is 7.65. The maximum atomic E-state index is 4.73. The van der Waals surface area contributed by atoms with Crippen molar-refractivity contribution in [3.05, 3.63) is 17.7 Å². The van der Waals surface area contributed by atoms with Gasteiger partial charge in [-0.15, -0.1) is 0 Å². The highest BCUT2D eigenvalue weighted by Gasteiger charge is 2.26. The van der Waals surface area contributed by atoms with Gasteiger partial charge in [-0.05, 0) is 50.5 Å². The van der Waals surface area contributed by atoms with Crippen molar-refractivity contribution in [2.75, 3.05) is 11.5 Å². The Hall–Kier alpha value is -0.440. The average molecular weight is 236 g/mol. The molecule has 2 aliphatic heterocycles. The number of hydrogen-bond donors (Lipinski definition) is 0. The fourth-order valence-electron chi connectivity index (χ4n) is 3.07. The number of imidazole rings is 1. The van der Waals surface area contributed by atoms with Crippen molar-refractivity contribution in [1.82, 2.24) is 9.55 Å². The van der Waals surface area contributed by atoms with Crippen molar-refractivity contribution < 1.29 is 0 Å². The number of rotatable bonds is 1. The first-order chi connectivity index (χ1) is 7.86. The van der Waals surface area contributed by atoms with Gasteiger partial charge in [0.15, 0.2) is 0 Å². The van der Waals surface area contributed by atoms with Crippen LogP contribution < -0.4 is 0 Å². The highest BCUT2D eigenvalue weighted by molar-refractivity contribution is 7.99. The Labute approximate surface area is 102 Å². The normalized spacial score (nSPS) is 26.7. The lowest BCUT2D eigenvalue weighted by Crippen LogP contribution is -2.21. The van der Waals surface area contributed by atoms with Gasteiger partial charge in [0.2, 0.25) is 0 Å². The zero-order valence-electron chi connectivity index (χ0n) is 9.98. The summed E-state index contributed by atoms with van der Waals surface area (Å²) in [5, 5.41) is 0. The summed E-state index contributed by atoms with van der Waals surface area (Å²) in [5.74, 6) is 4.76. The van der Waals surface area contributed by atoms with Gasteiger partial charge in [0.05, 0.1) is 0 Å². The molecule has 0 bridgehead atoms. The van der Waals surface area contributed by atoms with Crippen LogP contribution in [0.3, 0.4) is 0 Å². The van der Waals surface area contributed by atoms with Crippen molar-refractivity contribution in [1.29, 1.82) is 0 Å². The topological polar surface area (TPSA) is 17.8 Å². The summed E-state index contributed by atoms with van der Waals surface area (Å²) >= 11 is 2.10. The van der Waals surface area contributed by atoms with Crippen LogP contribution in [0.15, 0.2) is 6.20 Å². The fraction of sp³-hybridized carbons (Fsp3) is 0.769. The maximum Gasteiger partial charge on any atom is 0.112 e. The van der Waals surface area contributed by atoms with Gasteiger partial charge in [0.25, 0.3) is 0 Å². The maximum absolute atomic E-state index is 4.73. The van der Waals surface area contributed by atoms with Crippen molar-refractivity contribution in [2.45, 2.75) is 51.0 Å². The van der Waals surface area contributed by atoms with Crippen molar-refractivity contribution >= 4 is 11.8 Å². The van der Waals surface area contributed by atoms with E-state index in [-0.39, 0.29) is 0 Å². The van der Waals surface area contributed by atoms with Gasteiger partial charge in [0, 0.05) is 23.9 Å². The van der Waals surface area contributed by atoms with Crippen LogP contribution in [0.4, 0.5) is 0 Å². The number of hydrogen-bond acceptors (Lipinski definition) is 2. The zero-order chi connectivity index (χ0) is 11.0.